The Hall–Kier alpha value is -6.63. The van der Waals surface area contributed by atoms with E-state index in [1.54, 1.807) is 33.2 Å². The number of hydrogen-bond donors (Lipinski definition) is 3. The molecule has 5 amide bonds. The lowest BCUT2D eigenvalue weighted by Gasteiger charge is -2.57. The van der Waals surface area contributed by atoms with Gasteiger partial charge in [-0.15, -0.1) is 5.10 Å². The Morgan fingerprint density at radius 2 is 1.73 bits per heavy atom. The van der Waals surface area contributed by atoms with Crippen molar-refractivity contribution in [3.63, 3.8) is 0 Å². The Labute approximate surface area is 364 Å². The number of hydrogen-bond acceptors (Lipinski definition) is 10. The Morgan fingerprint density at radius 3 is 2.45 bits per heavy atom. The molecule has 3 saturated heterocycles. The van der Waals surface area contributed by atoms with E-state index >= 15 is 13.2 Å². The van der Waals surface area contributed by atoms with Gasteiger partial charge in [0.1, 0.15) is 17.7 Å². The molecule has 1 saturated carbocycles. The van der Waals surface area contributed by atoms with E-state index in [1.165, 1.54) is 32.6 Å². The number of fused-ring (bicyclic) bond motifs is 2. The van der Waals surface area contributed by atoms with Crippen LogP contribution in [-0.2, 0) is 17.8 Å². The number of rotatable bonds is 9. The number of aromatic nitrogens is 4. The molecule has 5 aliphatic rings. The largest absolute Gasteiger partial charge is 0.385 e. The lowest BCUT2D eigenvalue weighted by atomic mass is 9.69. The second-order valence-corrected chi connectivity index (χ2v) is 17.6. The van der Waals surface area contributed by atoms with Crippen molar-refractivity contribution in [3.05, 3.63) is 94.2 Å². The van der Waals surface area contributed by atoms with Gasteiger partial charge < -0.3 is 20.4 Å². The van der Waals surface area contributed by atoms with E-state index in [9.17, 15) is 23.6 Å². The number of likely N-dealkylation sites (tertiary alicyclic amines) is 2. The monoisotopic (exact) mass is 879 g/mol. The number of carbonyl (C=O) groups is 4. The molecular formula is C45H45F4N11O4. The van der Waals surface area contributed by atoms with Crippen molar-refractivity contribution in [2.45, 2.75) is 64.2 Å². The van der Waals surface area contributed by atoms with Gasteiger partial charge >= 0.3 is 6.03 Å². The Bertz CT molecular complexity index is 2790. The number of aryl methyl sites for hydroxylation is 1. The van der Waals surface area contributed by atoms with Crippen LogP contribution in [0.5, 0.6) is 0 Å². The van der Waals surface area contributed by atoms with E-state index in [2.05, 4.69) is 25.9 Å². The maximum atomic E-state index is 16.1. The van der Waals surface area contributed by atoms with E-state index in [-0.39, 0.29) is 74.8 Å². The summed E-state index contributed by atoms with van der Waals surface area (Å²) in [4.78, 5) is 66.4. The van der Waals surface area contributed by atoms with Crippen LogP contribution in [0.3, 0.4) is 0 Å². The number of halogens is 4. The van der Waals surface area contributed by atoms with Gasteiger partial charge in [-0.1, -0.05) is 12.1 Å². The summed E-state index contributed by atoms with van der Waals surface area (Å²) in [6, 6.07) is 10.8. The first-order chi connectivity index (χ1) is 30.6. The first-order valence-electron chi connectivity index (χ1n) is 21.3. The van der Waals surface area contributed by atoms with E-state index in [0.29, 0.717) is 52.5 Å². The second-order valence-electron chi connectivity index (χ2n) is 17.6. The van der Waals surface area contributed by atoms with Crippen LogP contribution in [0.15, 0.2) is 54.9 Å². The van der Waals surface area contributed by atoms with Crippen LogP contribution in [0.4, 0.5) is 45.2 Å². The SMILES string of the molecule is CNc1cc(N2CCc3c(-c4ncc(CN5CC6(CCN(C(=O)c7cc(C)c(C)c(N8CCC(=O)NC8=O)c7)CC6(F)F)C5)cc4F)cccc32)nn2c(C(=O)NC3C[C@@H]3F)cnc12. The number of pyridine rings is 1. The smallest absolute Gasteiger partial charge is 0.328 e. The molecule has 1 aliphatic carbocycles. The maximum Gasteiger partial charge on any atom is 0.328 e. The third kappa shape index (κ3) is 6.96. The van der Waals surface area contributed by atoms with Gasteiger partial charge in [-0.05, 0) is 73.2 Å². The van der Waals surface area contributed by atoms with Gasteiger partial charge in [0.05, 0.1) is 29.9 Å². The summed E-state index contributed by atoms with van der Waals surface area (Å²) < 4.78 is 63.2. The fourth-order valence-electron chi connectivity index (χ4n) is 9.62. The molecule has 10 rings (SSSR count). The number of carbonyl (C=O) groups excluding carboxylic acids is 4. The Kier molecular flexibility index (Phi) is 9.88. The number of nitrogens with zero attached hydrogens (tertiary/aromatic N) is 8. The summed E-state index contributed by atoms with van der Waals surface area (Å²) in [6.07, 6.45) is 2.93. The predicted molar refractivity (Wildman–Crippen MR) is 228 cm³/mol. The van der Waals surface area contributed by atoms with Crippen LogP contribution < -0.4 is 25.8 Å². The van der Waals surface area contributed by atoms with Crippen LogP contribution in [0.25, 0.3) is 16.9 Å². The van der Waals surface area contributed by atoms with Crippen molar-refractivity contribution in [2.24, 2.45) is 5.41 Å². The highest BCUT2D eigenvalue weighted by Gasteiger charge is 2.63. The minimum absolute atomic E-state index is 0.0724. The number of anilines is 4. The molecule has 332 valence electrons. The number of urea groups is 1. The number of imide groups is 1. The second kappa shape index (κ2) is 15.3. The molecule has 7 heterocycles. The zero-order valence-corrected chi connectivity index (χ0v) is 35.4. The first-order valence-corrected chi connectivity index (χ1v) is 21.3. The Balaban J connectivity index is 0.808. The van der Waals surface area contributed by atoms with E-state index < -0.39 is 53.8 Å². The highest BCUT2D eigenvalue weighted by atomic mass is 19.3. The topological polar surface area (TPSA) is 160 Å². The minimum atomic E-state index is -3.19. The normalized spacial score (nSPS) is 21.2. The van der Waals surface area contributed by atoms with Crippen molar-refractivity contribution in [3.8, 4) is 11.3 Å². The Morgan fingerprint density at radius 1 is 0.953 bits per heavy atom. The first kappa shape index (κ1) is 41.4. The lowest BCUT2D eigenvalue weighted by Crippen LogP contribution is -2.70. The number of alkyl halides is 3. The van der Waals surface area contributed by atoms with E-state index in [1.807, 2.05) is 34.1 Å². The molecule has 5 aromatic rings. The third-order valence-electron chi connectivity index (χ3n) is 13.4. The molecule has 3 aromatic heterocycles. The number of imidazole rings is 1. The summed E-state index contributed by atoms with van der Waals surface area (Å²) in [5.74, 6) is -4.63. The van der Waals surface area contributed by atoms with Gasteiger partial charge in [-0.2, -0.15) is 0 Å². The van der Waals surface area contributed by atoms with Crippen molar-refractivity contribution in [1.29, 1.82) is 0 Å². The van der Waals surface area contributed by atoms with Crippen LogP contribution in [-0.4, -0.2) is 118 Å². The molecule has 2 atom stereocenters. The molecule has 0 radical (unpaired) electrons. The molecule has 4 fully saturated rings. The fraction of sp³-hybridized carbons (Fsp3) is 0.400. The molecule has 1 unspecified atom stereocenters. The third-order valence-corrected chi connectivity index (χ3v) is 13.4. The van der Waals surface area contributed by atoms with E-state index in [0.717, 1.165) is 16.8 Å². The highest BCUT2D eigenvalue weighted by Crippen LogP contribution is 2.51. The average molecular weight is 880 g/mol. The summed E-state index contributed by atoms with van der Waals surface area (Å²) in [5.41, 5.74) is 4.97. The fourth-order valence-corrected chi connectivity index (χ4v) is 9.62. The highest BCUT2D eigenvalue weighted by molar-refractivity contribution is 6.07. The van der Waals surface area contributed by atoms with Crippen LogP contribution in [0.1, 0.15) is 62.4 Å². The summed E-state index contributed by atoms with van der Waals surface area (Å²) in [6.45, 7) is 3.98. The molecule has 15 nitrogen and oxygen atoms in total. The number of benzene rings is 2. The zero-order valence-electron chi connectivity index (χ0n) is 35.4. The van der Waals surface area contributed by atoms with Crippen LogP contribution >= 0.6 is 0 Å². The predicted octanol–water partition coefficient (Wildman–Crippen LogP) is 5.55. The van der Waals surface area contributed by atoms with Crippen molar-refractivity contribution in [1.82, 2.24) is 40.0 Å². The molecule has 19 heteroatoms. The average Bonchev–Trinajstić information content (AvgIpc) is 3.57. The number of nitrogens with one attached hydrogen (secondary N) is 3. The van der Waals surface area contributed by atoms with Crippen molar-refractivity contribution < 1.29 is 36.7 Å². The molecule has 4 aliphatic heterocycles. The molecule has 2 aromatic carbocycles. The zero-order chi connectivity index (χ0) is 44.8. The number of piperidine rings is 1. The van der Waals surface area contributed by atoms with Gasteiger partial charge in [0.25, 0.3) is 17.7 Å². The van der Waals surface area contributed by atoms with Gasteiger partial charge in [-0.25, -0.2) is 31.9 Å². The molecule has 0 bridgehead atoms. The van der Waals surface area contributed by atoms with Gasteiger partial charge in [0.15, 0.2) is 17.2 Å². The number of amides is 5. The quantitative estimate of drug-likeness (QED) is 0.160. The van der Waals surface area contributed by atoms with Crippen LogP contribution in [0, 0.1) is 25.1 Å². The minimum Gasteiger partial charge on any atom is -0.385 e. The summed E-state index contributed by atoms with van der Waals surface area (Å²) >= 11 is 0. The van der Waals surface area contributed by atoms with Crippen molar-refractivity contribution >= 4 is 52.3 Å². The summed E-state index contributed by atoms with van der Waals surface area (Å²) in [7, 11) is 1.74. The summed E-state index contributed by atoms with van der Waals surface area (Å²) in [5, 5.41) is 12.8. The van der Waals surface area contributed by atoms with Gasteiger partial charge in [-0.3, -0.25) is 34.5 Å². The van der Waals surface area contributed by atoms with E-state index in [4.69, 9.17) is 5.10 Å². The van der Waals surface area contributed by atoms with Gasteiger partial charge in [0.2, 0.25) is 5.91 Å². The maximum absolute atomic E-state index is 16.1. The molecular weight excluding hydrogens is 835 g/mol. The molecule has 64 heavy (non-hydrogen) atoms. The lowest BCUT2D eigenvalue weighted by molar-refractivity contribution is -0.220. The van der Waals surface area contributed by atoms with Crippen LogP contribution in [0.2, 0.25) is 0 Å². The molecule has 1 spiro atoms. The standard InChI is InChI=1S/C45H45F4N11O4/c1-24-13-27(15-35(25(24)2)59-11-8-38(61)54-43(59)64)42(63)57-12-9-44(45(48,49)23-57)21-56(22-44)20-26-14-31(47)39(51-18-26)29-5-4-6-34-28(29)7-10-58(34)37-17-33(50-3)40-52-19-36(60(40)55-37)41(62)53-32-16-30(32)46/h4-6,13-15,17-19,30,32,50H,7-12,16,20-23H2,1-3H3,(H,53,62)(H,54,61,64)/t30-,32?/m0/s1. The van der Waals surface area contributed by atoms with Gasteiger partial charge in [0, 0.05) is 93.9 Å². The van der Waals surface area contributed by atoms with Crippen molar-refractivity contribution in [2.75, 3.05) is 61.4 Å². The molecule has 3 N–H and O–H groups in total.